The second kappa shape index (κ2) is 4.66. The van der Waals surface area contributed by atoms with Crippen LogP contribution in [0, 0.1) is 5.41 Å². The molecule has 0 aliphatic carbocycles. The zero-order valence-electron chi connectivity index (χ0n) is 9.25. The minimum Gasteiger partial charge on any atom is -0.308 e. The van der Waals surface area contributed by atoms with Crippen molar-refractivity contribution in [3.63, 3.8) is 0 Å². The highest BCUT2D eigenvalue weighted by Crippen LogP contribution is 2.16. The van der Waals surface area contributed by atoms with E-state index in [0.29, 0.717) is 5.82 Å². The third-order valence-electron chi connectivity index (χ3n) is 1.67. The molecule has 1 N–H and O–H groups in total. The summed E-state index contributed by atoms with van der Waals surface area (Å²) in [5.41, 5.74) is 0.166. The van der Waals surface area contributed by atoms with E-state index >= 15 is 0 Å². The van der Waals surface area contributed by atoms with Crippen molar-refractivity contribution in [3.05, 3.63) is 12.3 Å². The van der Waals surface area contributed by atoms with Crippen molar-refractivity contribution in [2.75, 3.05) is 11.2 Å². The van der Waals surface area contributed by atoms with Gasteiger partial charge in [0.1, 0.15) is 5.88 Å². The monoisotopic (exact) mass is 229 g/mol. The van der Waals surface area contributed by atoms with Gasteiger partial charge in [-0.2, -0.15) is 5.10 Å². The normalized spacial score (nSPS) is 11.5. The molecule has 15 heavy (non-hydrogen) atoms. The van der Waals surface area contributed by atoms with Crippen molar-refractivity contribution < 1.29 is 4.79 Å². The van der Waals surface area contributed by atoms with Crippen LogP contribution < -0.4 is 5.32 Å². The third-order valence-corrected chi connectivity index (χ3v) is 1.91. The molecule has 1 rings (SSSR count). The van der Waals surface area contributed by atoms with Gasteiger partial charge in [0.25, 0.3) is 0 Å². The standard InChI is InChI=1S/C10H16ClN3O/c1-10(2,3)7-14-5-4-8(13-14)12-9(15)6-11/h4-5H,6-7H2,1-3H3,(H,12,13,15). The zero-order valence-corrected chi connectivity index (χ0v) is 10.0. The lowest BCUT2D eigenvalue weighted by Gasteiger charge is -2.17. The summed E-state index contributed by atoms with van der Waals surface area (Å²) in [4.78, 5) is 11.0. The van der Waals surface area contributed by atoms with Crippen LogP contribution in [-0.2, 0) is 11.3 Å². The van der Waals surface area contributed by atoms with Crippen LogP contribution in [0.4, 0.5) is 5.82 Å². The molecule has 0 aliphatic heterocycles. The number of nitrogens with zero attached hydrogens (tertiary/aromatic N) is 2. The summed E-state index contributed by atoms with van der Waals surface area (Å²) in [5, 5.41) is 6.80. The molecule has 0 saturated heterocycles. The fourth-order valence-electron chi connectivity index (χ4n) is 1.18. The van der Waals surface area contributed by atoms with E-state index in [1.807, 2.05) is 10.9 Å². The zero-order chi connectivity index (χ0) is 11.5. The topological polar surface area (TPSA) is 46.9 Å². The fourth-order valence-corrected chi connectivity index (χ4v) is 1.25. The van der Waals surface area contributed by atoms with Crippen LogP contribution in [0.15, 0.2) is 12.3 Å². The predicted octanol–water partition coefficient (Wildman–Crippen LogP) is 2.11. The molecule has 84 valence electrons. The van der Waals surface area contributed by atoms with Gasteiger partial charge in [-0.1, -0.05) is 20.8 Å². The molecule has 0 radical (unpaired) electrons. The summed E-state index contributed by atoms with van der Waals surface area (Å²) in [6.45, 7) is 7.20. The molecular formula is C10H16ClN3O. The fraction of sp³-hybridized carbons (Fsp3) is 0.600. The average Bonchev–Trinajstić information content (AvgIpc) is 2.49. The van der Waals surface area contributed by atoms with Crippen LogP contribution in [-0.4, -0.2) is 21.6 Å². The molecule has 5 heteroatoms. The molecule has 0 spiro atoms. The molecule has 0 bridgehead atoms. The molecule has 0 aromatic carbocycles. The molecular weight excluding hydrogens is 214 g/mol. The minimum absolute atomic E-state index is 0.0495. The van der Waals surface area contributed by atoms with E-state index in [1.165, 1.54) is 0 Å². The summed E-state index contributed by atoms with van der Waals surface area (Å²) >= 11 is 5.37. The highest BCUT2D eigenvalue weighted by atomic mass is 35.5. The Labute approximate surface area is 94.6 Å². The highest BCUT2D eigenvalue weighted by Gasteiger charge is 2.12. The maximum absolute atomic E-state index is 11.0. The van der Waals surface area contributed by atoms with Gasteiger partial charge >= 0.3 is 0 Å². The van der Waals surface area contributed by atoms with Gasteiger partial charge in [-0.05, 0) is 5.41 Å². The van der Waals surface area contributed by atoms with Gasteiger partial charge < -0.3 is 5.32 Å². The lowest BCUT2D eigenvalue weighted by molar-refractivity contribution is -0.113. The third kappa shape index (κ3) is 4.34. The second-order valence-corrected chi connectivity index (χ2v) is 4.91. The quantitative estimate of drug-likeness (QED) is 0.807. The lowest BCUT2D eigenvalue weighted by Crippen LogP contribution is -2.17. The van der Waals surface area contributed by atoms with Crippen LogP contribution in [0.1, 0.15) is 20.8 Å². The van der Waals surface area contributed by atoms with Crippen molar-refractivity contribution in [2.24, 2.45) is 5.41 Å². The van der Waals surface area contributed by atoms with Gasteiger partial charge in [0.2, 0.25) is 5.91 Å². The number of rotatable bonds is 3. The van der Waals surface area contributed by atoms with Gasteiger partial charge in [-0.3, -0.25) is 9.48 Å². The minimum atomic E-state index is -0.238. The SMILES string of the molecule is CC(C)(C)Cn1ccc(NC(=O)CCl)n1. The molecule has 0 atom stereocenters. The van der Waals surface area contributed by atoms with E-state index in [4.69, 9.17) is 11.6 Å². The smallest absolute Gasteiger partial charge is 0.240 e. The average molecular weight is 230 g/mol. The van der Waals surface area contributed by atoms with E-state index in [0.717, 1.165) is 6.54 Å². The van der Waals surface area contributed by atoms with Crippen molar-refractivity contribution in [3.8, 4) is 0 Å². The number of aromatic nitrogens is 2. The first-order chi connectivity index (χ1) is 6.90. The van der Waals surface area contributed by atoms with Gasteiger partial charge in [0.15, 0.2) is 5.82 Å². The molecule has 4 nitrogen and oxygen atoms in total. The summed E-state index contributed by atoms with van der Waals surface area (Å²) in [6, 6.07) is 1.76. The first kappa shape index (κ1) is 12.0. The summed E-state index contributed by atoms with van der Waals surface area (Å²) in [5.74, 6) is 0.258. The number of halogens is 1. The molecule has 1 aromatic heterocycles. The molecule has 1 amide bonds. The van der Waals surface area contributed by atoms with Crippen molar-refractivity contribution in [1.29, 1.82) is 0 Å². The first-order valence-electron chi connectivity index (χ1n) is 4.80. The van der Waals surface area contributed by atoms with E-state index < -0.39 is 0 Å². The summed E-state index contributed by atoms with van der Waals surface area (Å²) in [7, 11) is 0. The number of alkyl halides is 1. The maximum atomic E-state index is 11.0. The molecule has 0 unspecified atom stereocenters. The molecule has 0 aliphatic rings. The number of hydrogen-bond acceptors (Lipinski definition) is 2. The Hall–Kier alpha value is -1.03. The largest absolute Gasteiger partial charge is 0.308 e. The Morgan fingerprint density at radius 1 is 1.60 bits per heavy atom. The van der Waals surface area contributed by atoms with Gasteiger partial charge in [0.05, 0.1) is 0 Å². The van der Waals surface area contributed by atoms with E-state index in [-0.39, 0.29) is 17.2 Å². The van der Waals surface area contributed by atoms with E-state index in [1.54, 1.807) is 6.07 Å². The molecule has 0 saturated carbocycles. The Kier molecular flexibility index (Phi) is 3.74. The number of carbonyl (C=O) groups is 1. The summed E-state index contributed by atoms with van der Waals surface area (Å²) in [6.07, 6.45) is 1.84. The van der Waals surface area contributed by atoms with Crippen LogP contribution in [0.5, 0.6) is 0 Å². The Bertz CT molecular complexity index is 341. The van der Waals surface area contributed by atoms with Crippen molar-refractivity contribution in [1.82, 2.24) is 9.78 Å². The summed E-state index contributed by atoms with van der Waals surface area (Å²) < 4.78 is 1.81. The molecule has 1 aromatic rings. The van der Waals surface area contributed by atoms with Crippen molar-refractivity contribution >= 4 is 23.3 Å². The molecule has 0 fully saturated rings. The van der Waals surface area contributed by atoms with Crippen LogP contribution >= 0.6 is 11.6 Å². The number of anilines is 1. The highest BCUT2D eigenvalue weighted by molar-refractivity contribution is 6.28. The second-order valence-electron chi connectivity index (χ2n) is 4.64. The van der Waals surface area contributed by atoms with E-state index in [9.17, 15) is 4.79 Å². The number of amides is 1. The molecule has 1 heterocycles. The predicted molar refractivity (Wildman–Crippen MR) is 61.0 cm³/mol. The lowest BCUT2D eigenvalue weighted by atomic mass is 9.97. The number of carbonyl (C=O) groups excluding carboxylic acids is 1. The number of nitrogens with one attached hydrogen (secondary N) is 1. The maximum Gasteiger partial charge on any atom is 0.240 e. The van der Waals surface area contributed by atoms with Crippen LogP contribution in [0.2, 0.25) is 0 Å². The van der Waals surface area contributed by atoms with Gasteiger partial charge in [0, 0.05) is 18.8 Å². The Morgan fingerprint density at radius 2 is 2.27 bits per heavy atom. The van der Waals surface area contributed by atoms with Crippen LogP contribution in [0.25, 0.3) is 0 Å². The van der Waals surface area contributed by atoms with Crippen LogP contribution in [0.3, 0.4) is 0 Å². The van der Waals surface area contributed by atoms with Gasteiger partial charge in [-0.25, -0.2) is 0 Å². The van der Waals surface area contributed by atoms with Crippen molar-refractivity contribution in [2.45, 2.75) is 27.3 Å². The number of hydrogen-bond donors (Lipinski definition) is 1. The van der Waals surface area contributed by atoms with Gasteiger partial charge in [-0.15, -0.1) is 11.6 Å². The Balaban J connectivity index is 2.60. The van der Waals surface area contributed by atoms with E-state index in [2.05, 4.69) is 31.2 Å². The first-order valence-corrected chi connectivity index (χ1v) is 5.33. The Morgan fingerprint density at radius 3 is 2.80 bits per heavy atom.